The number of hydrogen-bond acceptors (Lipinski definition) is 2. The molecular weight excluding hydrogens is 419 g/mol. The summed E-state index contributed by atoms with van der Waals surface area (Å²) in [5, 5.41) is 0. The van der Waals surface area contributed by atoms with Gasteiger partial charge in [-0.1, -0.05) is 90.9 Å². The van der Waals surface area contributed by atoms with Crippen LogP contribution in [0, 0.1) is 0 Å². The van der Waals surface area contributed by atoms with E-state index in [0.717, 1.165) is 25.7 Å². The van der Waals surface area contributed by atoms with E-state index in [0.29, 0.717) is 12.8 Å². The molecule has 0 aliphatic rings. The molecule has 0 saturated heterocycles. The van der Waals surface area contributed by atoms with Crippen molar-refractivity contribution in [2.45, 2.75) is 117 Å². The number of carbonyl (C=O) groups is 2. The molecule has 0 unspecified atom stereocenters. The largest absolute Gasteiger partial charge is 4.00 e. The van der Waals surface area contributed by atoms with E-state index in [1.54, 1.807) is 0 Å². The fourth-order valence-corrected chi connectivity index (χ4v) is 2.49. The van der Waals surface area contributed by atoms with Gasteiger partial charge in [0.25, 0.3) is 0 Å². The van der Waals surface area contributed by atoms with Gasteiger partial charge in [-0.05, 0) is 25.7 Å². The minimum atomic E-state index is -0.413. The van der Waals surface area contributed by atoms with Gasteiger partial charge in [0.05, 0.1) is 0 Å². The fourth-order valence-electron chi connectivity index (χ4n) is 2.49. The molecule has 0 radical (unpaired) electrons. The second-order valence-corrected chi connectivity index (χ2v) is 6.59. The third kappa shape index (κ3) is 46.3. The number of carbonyl (C=O) groups excluding carboxylic acids is 2. The Morgan fingerprint density at radius 1 is 0.519 bits per heavy atom. The zero-order valence-corrected chi connectivity index (χ0v) is 20.5. The van der Waals surface area contributed by atoms with Gasteiger partial charge >= 0.3 is 21.7 Å². The summed E-state index contributed by atoms with van der Waals surface area (Å²) < 4.78 is 0. The van der Waals surface area contributed by atoms with Crippen molar-refractivity contribution < 1.29 is 56.1 Å². The van der Waals surface area contributed by atoms with Gasteiger partial charge in [-0.2, -0.15) is 0 Å². The van der Waals surface area contributed by atoms with Crippen molar-refractivity contribution in [3.63, 3.8) is 0 Å². The Morgan fingerprint density at radius 2 is 0.741 bits per heavy atom. The summed E-state index contributed by atoms with van der Waals surface area (Å²) in [7, 11) is 0. The minimum Gasteiger partial charge on any atom is -1.00 e. The maximum Gasteiger partial charge on any atom is 4.00 e. The fraction of sp³-hybridized carbons (Fsp3) is 0.900. The molecule has 0 aromatic rings. The van der Waals surface area contributed by atoms with Crippen LogP contribution in [0.3, 0.4) is 0 Å². The van der Waals surface area contributed by atoms with E-state index in [-0.39, 0.29) is 46.5 Å². The predicted octanol–water partition coefficient (Wildman–Crippen LogP) is 1.42. The van der Waals surface area contributed by atoms with Gasteiger partial charge in [0.1, 0.15) is 0 Å². The van der Waals surface area contributed by atoms with Crippen LogP contribution in [0.2, 0.25) is 0 Å². The van der Waals surface area contributed by atoms with E-state index in [4.69, 9.17) is 11.5 Å². The molecule has 0 aliphatic heterocycles. The molecule has 4 nitrogen and oxygen atoms in total. The molecule has 2 amide bonds. The molecule has 0 heterocycles. The van der Waals surface area contributed by atoms with Crippen molar-refractivity contribution >= 4 is 11.8 Å². The van der Waals surface area contributed by atoms with E-state index in [1.165, 1.54) is 64.2 Å². The Hall–Kier alpha value is 0.234. The summed E-state index contributed by atoms with van der Waals surface area (Å²) in [6, 6.07) is 0. The summed E-state index contributed by atoms with van der Waals surface area (Å²) in [4.78, 5) is 20.5. The molecule has 0 rings (SSSR count). The molecule has 160 valence electrons. The predicted molar refractivity (Wildman–Crippen MR) is 104 cm³/mol. The van der Waals surface area contributed by atoms with Gasteiger partial charge in [0.2, 0.25) is 0 Å². The molecule has 0 bridgehead atoms. The summed E-state index contributed by atoms with van der Waals surface area (Å²) in [6.45, 7) is 4.41. The Bertz CT molecular complexity index is 269. The summed E-state index contributed by atoms with van der Waals surface area (Å²) in [5.41, 5.74) is 13.4. The van der Waals surface area contributed by atoms with Gasteiger partial charge in [0.15, 0.2) is 0 Å². The Morgan fingerprint density at radius 3 is 0.963 bits per heavy atom. The maximum absolute atomic E-state index is 10.2. The molecule has 0 spiro atoms. The first-order valence-corrected chi connectivity index (χ1v) is 10.0. The summed E-state index contributed by atoms with van der Waals surface area (Å²) >= 11 is 0. The number of amides is 2. The van der Waals surface area contributed by atoms with Crippen LogP contribution in [0.5, 0.6) is 0 Å². The Balaban J connectivity index is -0.000000108. The first-order valence-electron chi connectivity index (χ1n) is 10.0. The van der Waals surface area contributed by atoms with Crippen molar-refractivity contribution in [2.24, 2.45) is 0 Å². The molecule has 27 heavy (non-hydrogen) atoms. The second kappa shape index (κ2) is 33.8. The van der Waals surface area contributed by atoms with Crippen LogP contribution in [0.4, 0.5) is 0 Å². The van der Waals surface area contributed by atoms with Crippen molar-refractivity contribution in [1.82, 2.24) is 0 Å². The van der Waals surface area contributed by atoms with E-state index < -0.39 is 11.8 Å². The molecule has 0 aromatic carbocycles. The standard InChI is InChI=1S/2C10H21NO.2ClH.Ti/c2*1-2-3-4-5-6-7-8-9-10(11)12;;;/h2*2-9H2,1H3,(H2,11,12);2*1H;/q;;;;+4/p-4. The van der Waals surface area contributed by atoms with Gasteiger partial charge in [-0.15, -0.1) is 0 Å². The molecule has 2 N–H and O–H groups in total. The normalized spacial score (nSPS) is 8.96. The van der Waals surface area contributed by atoms with Gasteiger partial charge in [-0.3, -0.25) is 0 Å². The molecular formula is C20H40Cl2N2O2Ti. The van der Waals surface area contributed by atoms with Gasteiger partial charge < -0.3 is 45.9 Å². The molecule has 7 heteroatoms. The first kappa shape index (κ1) is 37.9. The molecule has 0 fully saturated rings. The quantitative estimate of drug-likeness (QED) is 0.259. The summed E-state index contributed by atoms with van der Waals surface area (Å²) in [6.07, 6.45) is 17.9. The second-order valence-electron chi connectivity index (χ2n) is 6.59. The zero-order valence-electron chi connectivity index (χ0n) is 17.4. The van der Waals surface area contributed by atoms with Crippen molar-refractivity contribution in [2.75, 3.05) is 0 Å². The third-order valence-electron chi connectivity index (χ3n) is 4.01. The molecule has 0 aromatic heterocycles. The van der Waals surface area contributed by atoms with Crippen molar-refractivity contribution in [3.8, 4) is 0 Å². The monoisotopic (exact) mass is 458 g/mol. The van der Waals surface area contributed by atoms with Gasteiger partial charge in [0, 0.05) is 11.8 Å². The molecule has 0 aliphatic carbocycles. The SMILES string of the molecule is CCCCCCCCCC([NH-])=O.CCCCCCCCCC([NH-])=O.[Cl-].[Cl-].[Ti+4]. The number of unbranched alkanes of at least 4 members (excludes halogenated alkanes) is 12. The van der Waals surface area contributed by atoms with Gasteiger partial charge in [-0.25, -0.2) is 0 Å². The number of rotatable bonds is 16. The van der Waals surface area contributed by atoms with Crippen molar-refractivity contribution in [3.05, 3.63) is 11.5 Å². The van der Waals surface area contributed by atoms with Crippen LogP contribution >= 0.6 is 0 Å². The average Bonchev–Trinajstić information content (AvgIpc) is 2.53. The van der Waals surface area contributed by atoms with Crippen LogP contribution in [0.1, 0.15) is 117 Å². The van der Waals surface area contributed by atoms with Crippen LogP contribution in [-0.4, -0.2) is 11.8 Å². The first-order chi connectivity index (χ1) is 11.5. The smallest absolute Gasteiger partial charge is 1.00 e. The number of halogens is 2. The van der Waals surface area contributed by atoms with Crippen LogP contribution < -0.4 is 24.8 Å². The van der Waals surface area contributed by atoms with Crippen LogP contribution in [0.25, 0.3) is 11.5 Å². The third-order valence-corrected chi connectivity index (χ3v) is 4.01. The zero-order chi connectivity index (χ0) is 18.5. The van der Waals surface area contributed by atoms with E-state index >= 15 is 0 Å². The minimum absolute atomic E-state index is 0. The van der Waals surface area contributed by atoms with Crippen LogP contribution in [-0.2, 0) is 31.3 Å². The van der Waals surface area contributed by atoms with Crippen molar-refractivity contribution in [1.29, 1.82) is 0 Å². The Kier molecular flexibility index (Phi) is 47.5. The topological polar surface area (TPSA) is 81.7 Å². The van der Waals surface area contributed by atoms with E-state index in [1.807, 2.05) is 0 Å². The van der Waals surface area contributed by atoms with E-state index in [9.17, 15) is 9.59 Å². The van der Waals surface area contributed by atoms with Crippen LogP contribution in [0.15, 0.2) is 0 Å². The Labute approximate surface area is 195 Å². The molecule has 0 saturated carbocycles. The van der Waals surface area contributed by atoms with E-state index in [2.05, 4.69) is 13.8 Å². The number of nitrogens with one attached hydrogen (secondary N) is 2. The average molecular weight is 459 g/mol. The summed E-state index contributed by atoms with van der Waals surface area (Å²) in [5.74, 6) is -0.827. The maximum atomic E-state index is 10.2. The number of hydrogen-bond donors (Lipinski definition) is 0. The molecule has 0 atom stereocenters.